The van der Waals surface area contributed by atoms with E-state index in [1.165, 1.54) is 5.56 Å². The Kier molecular flexibility index (Phi) is 7.07. The highest BCUT2D eigenvalue weighted by atomic mass is 19.1. The molecule has 0 saturated carbocycles. The number of halogens is 1. The van der Waals surface area contributed by atoms with Gasteiger partial charge in [-0.3, -0.25) is 0 Å². The minimum absolute atomic E-state index is 0.146. The molecule has 1 rings (SSSR count). The van der Waals surface area contributed by atoms with Crippen molar-refractivity contribution in [2.24, 2.45) is 0 Å². The fourth-order valence-corrected chi connectivity index (χ4v) is 2.96. The highest BCUT2D eigenvalue weighted by molar-refractivity contribution is 5.26. The third kappa shape index (κ3) is 4.61. The normalized spacial score (nSPS) is 11.8. The molecule has 0 saturated heterocycles. The summed E-state index contributed by atoms with van der Waals surface area (Å²) in [6, 6.07) is 7.12. The van der Waals surface area contributed by atoms with E-state index in [9.17, 15) is 4.39 Å². The van der Waals surface area contributed by atoms with E-state index in [0.717, 1.165) is 45.2 Å². The SMILES string of the molecule is CCCNCC(CCC)(CCC)c1ccc(F)cc1. The minimum Gasteiger partial charge on any atom is -0.316 e. The predicted octanol–water partition coefficient (Wildman–Crippen LogP) is 4.66. The molecule has 1 N–H and O–H groups in total. The molecule has 0 amide bonds. The number of benzene rings is 1. The lowest BCUT2D eigenvalue weighted by molar-refractivity contribution is 0.335. The minimum atomic E-state index is -0.146. The Balaban J connectivity index is 2.95. The highest BCUT2D eigenvalue weighted by Gasteiger charge is 2.29. The maximum absolute atomic E-state index is 13.1. The highest BCUT2D eigenvalue weighted by Crippen LogP contribution is 2.34. The van der Waals surface area contributed by atoms with Crippen LogP contribution in [0.15, 0.2) is 24.3 Å². The summed E-state index contributed by atoms with van der Waals surface area (Å²) < 4.78 is 13.1. The van der Waals surface area contributed by atoms with Crippen LogP contribution in [0.4, 0.5) is 4.39 Å². The Labute approximate surface area is 117 Å². The summed E-state index contributed by atoms with van der Waals surface area (Å²) in [5, 5.41) is 3.56. The molecule has 0 fully saturated rings. The summed E-state index contributed by atoms with van der Waals surface area (Å²) in [6.07, 6.45) is 5.78. The maximum atomic E-state index is 13.1. The van der Waals surface area contributed by atoms with Crippen molar-refractivity contribution in [3.63, 3.8) is 0 Å². The van der Waals surface area contributed by atoms with Crippen molar-refractivity contribution in [1.29, 1.82) is 0 Å². The van der Waals surface area contributed by atoms with Crippen LogP contribution in [0.3, 0.4) is 0 Å². The topological polar surface area (TPSA) is 12.0 Å². The van der Waals surface area contributed by atoms with E-state index in [0.29, 0.717) is 0 Å². The molecular formula is C17H28FN. The molecule has 0 bridgehead atoms. The van der Waals surface area contributed by atoms with Crippen LogP contribution in [0.5, 0.6) is 0 Å². The van der Waals surface area contributed by atoms with E-state index < -0.39 is 0 Å². The first-order valence-corrected chi connectivity index (χ1v) is 7.65. The average Bonchev–Trinajstić information content (AvgIpc) is 2.40. The van der Waals surface area contributed by atoms with Gasteiger partial charge in [0, 0.05) is 12.0 Å². The second-order valence-corrected chi connectivity index (χ2v) is 5.46. The van der Waals surface area contributed by atoms with E-state index in [1.807, 2.05) is 12.1 Å². The van der Waals surface area contributed by atoms with E-state index >= 15 is 0 Å². The molecule has 1 aromatic rings. The molecule has 19 heavy (non-hydrogen) atoms. The van der Waals surface area contributed by atoms with Crippen LogP contribution in [0.1, 0.15) is 58.4 Å². The third-order valence-electron chi connectivity index (χ3n) is 3.80. The molecule has 0 aliphatic carbocycles. The maximum Gasteiger partial charge on any atom is 0.123 e. The molecule has 0 spiro atoms. The van der Waals surface area contributed by atoms with Gasteiger partial charge in [0.15, 0.2) is 0 Å². The van der Waals surface area contributed by atoms with E-state index in [-0.39, 0.29) is 11.2 Å². The molecule has 0 heterocycles. The lowest BCUT2D eigenvalue weighted by atomic mass is 9.73. The smallest absolute Gasteiger partial charge is 0.123 e. The van der Waals surface area contributed by atoms with Gasteiger partial charge in [-0.1, -0.05) is 45.7 Å². The fraction of sp³-hybridized carbons (Fsp3) is 0.647. The molecule has 1 aromatic carbocycles. The standard InChI is InChI=1S/C17H28FN/c1-4-11-17(12-5-2,14-19-13-6-3)15-7-9-16(18)10-8-15/h7-10,19H,4-6,11-14H2,1-3H3. The van der Waals surface area contributed by atoms with E-state index in [1.54, 1.807) is 12.1 Å². The predicted molar refractivity (Wildman–Crippen MR) is 81.1 cm³/mol. The van der Waals surface area contributed by atoms with Gasteiger partial charge in [0.25, 0.3) is 0 Å². The summed E-state index contributed by atoms with van der Waals surface area (Å²) in [5.74, 6) is -0.146. The zero-order chi connectivity index (χ0) is 14.1. The summed E-state index contributed by atoms with van der Waals surface area (Å²) in [6.45, 7) is 8.69. The Bertz CT molecular complexity index is 339. The number of rotatable bonds is 9. The van der Waals surface area contributed by atoms with Gasteiger partial charge in [0.05, 0.1) is 0 Å². The van der Waals surface area contributed by atoms with Crippen LogP contribution in [-0.4, -0.2) is 13.1 Å². The Morgan fingerprint density at radius 1 is 0.947 bits per heavy atom. The summed E-state index contributed by atoms with van der Waals surface area (Å²) >= 11 is 0. The van der Waals surface area contributed by atoms with Crippen molar-refractivity contribution in [2.75, 3.05) is 13.1 Å². The molecule has 2 heteroatoms. The molecule has 0 aliphatic heterocycles. The van der Waals surface area contributed by atoms with Crippen molar-refractivity contribution in [3.05, 3.63) is 35.6 Å². The van der Waals surface area contributed by atoms with Crippen molar-refractivity contribution >= 4 is 0 Å². The molecule has 1 nitrogen and oxygen atoms in total. The van der Waals surface area contributed by atoms with Crippen LogP contribution in [0, 0.1) is 5.82 Å². The van der Waals surface area contributed by atoms with Gasteiger partial charge in [-0.15, -0.1) is 0 Å². The summed E-state index contributed by atoms with van der Waals surface area (Å²) in [7, 11) is 0. The first-order valence-electron chi connectivity index (χ1n) is 7.65. The zero-order valence-electron chi connectivity index (χ0n) is 12.6. The van der Waals surface area contributed by atoms with Crippen LogP contribution < -0.4 is 5.32 Å². The van der Waals surface area contributed by atoms with Gasteiger partial charge in [-0.2, -0.15) is 0 Å². The van der Waals surface area contributed by atoms with Gasteiger partial charge in [-0.05, 0) is 43.5 Å². The summed E-state index contributed by atoms with van der Waals surface area (Å²) in [4.78, 5) is 0. The second-order valence-electron chi connectivity index (χ2n) is 5.46. The van der Waals surface area contributed by atoms with E-state index in [2.05, 4.69) is 26.1 Å². The van der Waals surface area contributed by atoms with Crippen LogP contribution >= 0.6 is 0 Å². The van der Waals surface area contributed by atoms with Gasteiger partial charge in [0.1, 0.15) is 5.82 Å². The summed E-state index contributed by atoms with van der Waals surface area (Å²) in [5.41, 5.74) is 1.44. The molecule has 0 radical (unpaired) electrons. The average molecular weight is 265 g/mol. The second kappa shape index (κ2) is 8.31. The van der Waals surface area contributed by atoms with Crippen LogP contribution in [-0.2, 0) is 5.41 Å². The molecular weight excluding hydrogens is 237 g/mol. The van der Waals surface area contributed by atoms with Crippen molar-refractivity contribution in [2.45, 2.75) is 58.3 Å². The van der Waals surface area contributed by atoms with Gasteiger partial charge in [0.2, 0.25) is 0 Å². The Morgan fingerprint density at radius 2 is 1.53 bits per heavy atom. The van der Waals surface area contributed by atoms with Crippen LogP contribution in [0.2, 0.25) is 0 Å². The number of nitrogens with one attached hydrogen (secondary N) is 1. The molecule has 0 aromatic heterocycles. The van der Waals surface area contributed by atoms with Gasteiger partial charge in [-0.25, -0.2) is 4.39 Å². The first-order chi connectivity index (χ1) is 9.18. The fourth-order valence-electron chi connectivity index (χ4n) is 2.96. The van der Waals surface area contributed by atoms with Gasteiger partial charge < -0.3 is 5.32 Å². The van der Waals surface area contributed by atoms with Crippen LogP contribution in [0.25, 0.3) is 0 Å². The molecule has 108 valence electrons. The Hall–Kier alpha value is -0.890. The number of hydrogen-bond donors (Lipinski definition) is 1. The lowest BCUT2D eigenvalue weighted by Crippen LogP contribution is -2.38. The quantitative estimate of drug-likeness (QED) is 0.640. The van der Waals surface area contributed by atoms with Crippen molar-refractivity contribution < 1.29 is 4.39 Å². The largest absolute Gasteiger partial charge is 0.316 e. The van der Waals surface area contributed by atoms with Crippen molar-refractivity contribution in [1.82, 2.24) is 5.32 Å². The monoisotopic (exact) mass is 265 g/mol. The Morgan fingerprint density at radius 3 is 2.00 bits per heavy atom. The third-order valence-corrected chi connectivity index (χ3v) is 3.80. The molecule has 0 unspecified atom stereocenters. The van der Waals surface area contributed by atoms with E-state index in [4.69, 9.17) is 0 Å². The first kappa shape index (κ1) is 16.2. The van der Waals surface area contributed by atoms with Gasteiger partial charge >= 0.3 is 0 Å². The molecule has 0 aliphatic rings. The molecule has 0 atom stereocenters. The zero-order valence-corrected chi connectivity index (χ0v) is 12.6. The van der Waals surface area contributed by atoms with Crippen molar-refractivity contribution in [3.8, 4) is 0 Å². The number of hydrogen-bond acceptors (Lipinski definition) is 1. The lowest BCUT2D eigenvalue weighted by Gasteiger charge is -2.35.